The Kier molecular flexibility index (Phi) is 9.95. The third kappa shape index (κ3) is 7.97. The summed E-state index contributed by atoms with van der Waals surface area (Å²) in [6, 6.07) is 4.01. The lowest BCUT2D eigenvalue weighted by atomic mass is 9.94. The summed E-state index contributed by atoms with van der Waals surface area (Å²) in [5, 5.41) is 12.0. The number of ether oxygens (including phenoxy) is 6. The molecule has 210 valence electrons. The van der Waals surface area contributed by atoms with Crippen molar-refractivity contribution in [2.75, 3.05) is 13.2 Å². The minimum atomic E-state index is -1.33. The molecule has 1 N–H and O–H groups in total. The molecule has 0 saturated carbocycles. The van der Waals surface area contributed by atoms with Gasteiger partial charge in [0, 0.05) is 39.1 Å². The minimum absolute atomic E-state index is 0.0144. The monoisotopic (exact) mass is 565 g/mol. The standard InChI is InChI=1S/C25H27NO12S/c1-12(27)33-8-20-23(35-13(2)28)25(37-15(4)30)24(36-14(3)29)21(38-20)9-34-16-5-6-17(19(31)7-16)22(32)18-10-39-11-26-18/h5-7,10-11,20-21,23-25,31H,8-9H2,1-4H3/t20-,21-,23-,24+,25-/m0/s1. The van der Waals surface area contributed by atoms with E-state index in [0.29, 0.717) is 0 Å². The van der Waals surface area contributed by atoms with Crippen LogP contribution in [0.25, 0.3) is 0 Å². The van der Waals surface area contributed by atoms with Crippen LogP contribution in [0.4, 0.5) is 0 Å². The largest absolute Gasteiger partial charge is 0.507 e. The molecule has 0 aliphatic carbocycles. The number of carbonyl (C=O) groups excluding carboxylic acids is 5. The van der Waals surface area contributed by atoms with Crippen molar-refractivity contribution < 1.29 is 57.5 Å². The highest BCUT2D eigenvalue weighted by Crippen LogP contribution is 2.31. The first-order valence-corrected chi connectivity index (χ1v) is 12.6. The predicted molar refractivity (Wildman–Crippen MR) is 131 cm³/mol. The lowest BCUT2D eigenvalue weighted by Gasteiger charge is -2.44. The van der Waals surface area contributed by atoms with Crippen molar-refractivity contribution in [2.24, 2.45) is 0 Å². The van der Waals surface area contributed by atoms with Gasteiger partial charge in [-0.3, -0.25) is 24.0 Å². The van der Waals surface area contributed by atoms with Crippen LogP contribution in [0.1, 0.15) is 43.7 Å². The van der Waals surface area contributed by atoms with Crippen LogP contribution >= 0.6 is 11.3 Å². The van der Waals surface area contributed by atoms with Crippen LogP contribution < -0.4 is 4.74 Å². The Bertz CT molecular complexity index is 1210. The van der Waals surface area contributed by atoms with E-state index in [9.17, 15) is 29.1 Å². The van der Waals surface area contributed by atoms with E-state index in [0.717, 1.165) is 20.8 Å². The van der Waals surface area contributed by atoms with Crippen molar-refractivity contribution >= 4 is 41.0 Å². The van der Waals surface area contributed by atoms with Crippen molar-refractivity contribution in [3.63, 3.8) is 0 Å². The summed E-state index contributed by atoms with van der Waals surface area (Å²) < 4.78 is 32.8. The highest BCUT2D eigenvalue weighted by molar-refractivity contribution is 7.07. The fraction of sp³-hybridized carbons (Fsp3) is 0.440. The van der Waals surface area contributed by atoms with Crippen molar-refractivity contribution in [2.45, 2.75) is 58.2 Å². The normalized spacial score (nSPS) is 22.3. The lowest BCUT2D eigenvalue weighted by Crippen LogP contribution is -2.63. The molecule has 2 aromatic rings. The van der Waals surface area contributed by atoms with Crippen molar-refractivity contribution in [3.05, 3.63) is 40.3 Å². The molecular weight excluding hydrogens is 538 g/mol. The van der Waals surface area contributed by atoms with Crippen LogP contribution in [0.2, 0.25) is 0 Å². The molecule has 1 aromatic carbocycles. The Hall–Kier alpha value is -4.04. The summed E-state index contributed by atoms with van der Waals surface area (Å²) >= 11 is 1.24. The highest BCUT2D eigenvalue weighted by Gasteiger charge is 2.52. The second-order valence-electron chi connectivity index (χ2n) is 8.43. The van der Waals surface area contributed by atoms with Gasteiger partial charge in [-0.15, -0.1) is 11.3 Å². The summed E-state index contributed by atoms with van der Waals surface area (Å²) in [4.78, 5) is 63.6. The number of hydrogen-bond acceptors (Lipinski definition) is 14. The smallest absolute Gasteiger partial charge is 0.303 e. The summed E-state index contributed by atoms with van der Waals surface area (Å²) in [6.07, 6.45) is -6.13. The van der Waals surface area contributed by atoms with Crippen LogP contribution in [-0.2, 0) is 42.9 Å². The quantitative estimate of drug-likeness (QED) is 0.250. The van der Waals surface area contributed by atoms with Gasteiger partial charge in [-0.2, -0.15) is 0 Å². The first kappa shape index (κ1) is 29.5. The number of carbonyl (C=O) groups is 5. The molecule has 1 aliphatic rings. The molecule has 0 spiro atoms. The average Bonchev–Trinajstić information content (AvgIpc) is 3.38. The molecule has 0 radical (unpaired) electrons. The summed E-state index contributed by atoms with van der Waals surface area (Å²) in [5.74, 6) is -3.57. The molecule has 1 saturated heterocycles. The second-order valence-corrected chi connectivity index (χ2v) is 9.15. The molecular formula is C25H27NO12S. The zero-order valence-electron chi connectivity index (χ0n) is 21.5. The third-order valence-electron chi connectivity index (χ3n) is 5.38. The van der Waals surface area contributed by atoms with E-state index in [1.54, 1.807) is 5.38 Å². The fourth-order valence-electron chi connectivity index (χ4n) is 3.89. The first-order chi connectivity index (χ1) is 18.5. The van der Waals surface area contributed by atoms with Gasteiger partial charge in [0.1, 0.15) is 42.6 Å². The van der Waals surface area contributed by atoms with Gasteiger partial charge < -0.3 is 33.5 Å². The highest BCUT2D eigenvalue weighted by atomic mass is 32.1. The predicted octanol–water partition coefficient (Wildman–Crippen LogP) is 1.58. The number of esters is 4. The van der Waals surface area contributed by atoms with E-state index < -0.39 is 60.2 Å². The Morgan fingerprint density at radius 2 is 1.46 bits per heavy atom. The van der Waals surface area contributed by atoms with Gasteiger partial charge in [-0.05, 0) is 12.1 Å². The molecule has 39 heavy (non-hydrogen) atoms. The topological polar surface area (TPSA) is 174 Å². The summed E-state index contributed by atoms with van der Waals surface area (Å²) in [6.45, 7) is 3.86. The van der Waals surface area contributed by atoms with Gasteiger partial charge in [-0.25, -0.2) is 4.98 Å². The van der Waals surface area contributed by atoms with Crippen molar-refractivity contribution in [1.82, 2.24) is 4.98 Å². The molecule has 5 atom stereocenters. The average molecular weight is 566 g/mol. The number of aromatic hydroxyl groups is 1. The van der Waals surface area contributed by atoms with Crippen LogP contribution in [0.5, 0.6) is 11.5 Å². The maximum absolute atomic E-state index is 12.5. The van der Waals surface area contributed by atoms with Crippen molar-refractivity contribution in [1.29, 1.82) is 0 Å². The van der Waals surface area contributed by atoms with Gasteiger partial charge in [0.15, 0.2) is 18.3 Å². The number of nitrogens with zero attached hydrogens (tertiary/aromatic N) is 1. The zero-order valence-corrected chi connectivity index (χ0v) is 22.3. The van der Waals surface area contributed by atoms with Gasteiger partial charge in [0.2, 0.25) is 5.78 Å². The van der Waals surface area contributed by atoms with E-state index in [1.807, 2.05) is 0 Å². The van der Waals surface area contributed by atoms with E-state index in [2.05, 4.69) is 4.98 Å². The van der Waals surface area contributed by atoms with E-state index in [1.165, 1.54) is 42.0 Å². The number of benzene rings is 1. The fourth-order valence-corrected chi connectivity index (χ4v) is 4.42. The van der Waals surface area contributed by atoms with Crippen LogP contribution in [0.15, 0.2) is 29.1 Å². The van der Waals surface area contributed by atoms with E-state index in [4.69, 9.17) is 28.4 Å². The van der Waals surface area contributed by atoms with Gasteiger partial charge in [0.05, 0.1) is 11.1 Å². The van der Waals surface area contributed by atoms with Gasteiger partial charge in [0.25, 0.3) is 0 Å². The lowest BCUT2D eigenvalue weighted by molar-refractivity contribution is -0.255. The zero-order chi connectivity index (χ0) is 28.7. The van der Waals surface area contributed by atoms with Crippen LogP contribution in [0, 0.1) is 0 Å². The molecule has 13 nitrogen and oxygen atoms in total. The molecule has 2 heterocycles. The Morgan fingerprint density at radius 3 is 1.97 bits per heavy atom. The number of phenols is 1. The molecule has 0 unspecified atom stereocenters. The molecule has 3 rings (SSSR count). The van der Waals surface area contributed by atoms with Gasteiger partial charge >= 0.3 is 23.9 Å². The molecule has 1 aliphatic heterocycles. The number of thiazole rings is 1. The second kappa shape index (κ2) is 13.2. The number of aromatic nitrogens is 1. The van der Waals surface area contributed by atoms with Crippen LogP contribution in [-0.4, -0.2) is 83.5 Å². The molecule has 14 heteroatoms. The maximum Gasteiger partial charge on any atom is 0.303 e. The Balaban J connectivity index is 1.86. The molecule has 0 bridgehead atoms. The van der Waals surface area contributed by atoms with Crippen molar-refractivity contribution in [3.8, 4) is 11.5 Å². The number of rotatable bonds is 10. The number of ketones is 1. The molecule has 0 amide bonds. The van der Waals surface area contributed by atoms with E-state index >= 15 is 0 Å². The number of hydrogen-bond donors (Lipinski definition) is 1. The number of phenolic OH excluding ortho intramolecular Hbond substituents is 1. The maximum atomic E-state index is 12.5. The van der Waals surface area contributed by atoms with Crippen LogP contribution in [0.3, 0.4) is 0 Å². The molecule has 1 aromatic heterocycles. The minimum Gasteiger partial charge on any atom is -0.507 e. The summed E-state index contributed by atoms with van der Waals surface area (Å²) in [7, 11) is 0. The first-order valence-electron chi connectivity index (χ1n) is 11.7. The molecule has 1 fully saturated rings. The summed E-state index contributed by atoms with van der Waals surface area (Å²) in [5.41, 5.74) is 1.69. The Morgan fingerprint density at radius 1 is 0.872 bits per heavy atom. The van der Waals surface area contributed by atoms with Gasteiger partial charge in [-0.1, -0.05) is 0 Å². The van der Waals surface area contributed by atoms with E-state index in [-0.39, 0.29) is 36.0 Å². The Labute approximate surface area is 226 Å². The third-order valence-corrected chi connectivity index (χ3v) is 5.97. The SMILES string of the molecule is CC(=O)OC[C@@H]1O[C@@H](COc2ccc(C(=O)c3cscn3)c(O)c2)[C@@H](OC(C)=O)[C@@H](OC(C)=O)[C@H]1OC(C)=O.